The van der Waals surface area contributed by atoms with Crippen LogP contribution in [0.15, 0.2) is 56.6 Å². The average Bonchev–Trinajstić information content (AvgIpc) is 3.43. The van der Waals surface area contributed by atoms with E-state index in [0.29, 0.717) is 35.0 Å². The van der Waals surface area contributed by atoms with Gasteiger partial charge in [0.2, 0.25) is 17.7 Å². The molecule has 1 N–H and O–H groups in total. The van der Waals surface area contributed by atoms with Gasteiger partial charge in [0, 0.05) is 24.1 Å². The fourth-order valence-corrected chi connectivity index (χ4v) is 3.65. The smallest absolute Gasteiger partial charge is 0.277 e. The second-order valence-corrected chi connectivity index (χ2v) is 8.43. The molecule has 8 nitrogen and oxygen atoms in total. The molecule has 0 aliphatic heterocycles. The van der Waals surface area contributed by atoms with E-state index in [2.05, 4.69) is 25.7 Å². The van der Waals surface area contributed by atoms with Gasteiger partial charge in [-0.25, -0.2) is 0 Å². The molecule has 2 heterocycles. The van der Waals surface area contributed by atoms with Crippen LogP contribution in [0.25, 0.3) is 11.5 Å². The highest BCUT2D eigenvalue weighted by molar-refractivity contribution is 7.98. The van der Waals surface area contributed by atoms with Crippen molar-refractivity contribution in [2.45, 2.75) is 44.6 Å². The van der Waals surface area contributed by atoms with Gasteiger partial charge in [-0.2, -0.15) is 4.98 Å². The number of anilines is 1. The fraction of sp³-hybridized carbons (Fsp3) is 0.261. The number of aryl methyl sites for hydroxylation is 4. The number of nitrogens with one attached hydrogen (secondary N) is 1. The van der Waals surface area contributed by atoms with Crippen molar-refractivity contribution in [2.24, 2.45) is 0 Å². The van der Waals surface area contributed by atoms with E-state index >= 15 is 0 Å². The number of nitrogens with zero attached hydrogens (tertiary/aromatic N) is 4. The van der Waals surface area contributed by atoms with Crippen LogP contribution >= 0.6 is 11.8 Å². The maximum absolute atomic E-state index is 12.2. The Hall–Kier alpha value is -3.46. The molecule has 9 heteroatoms. The maximum atomic E-state index is 12.2. The number of carbonyl (C=O) groups excluding carboxylic acids is 1. The summed E-state index contributed by atoms with van der Waals surface area (Å²) in [6.07, 6.45) is 0.623. The first kappa shape index (κ1) is 21.8. The molecule has 0 aliphatic carbocycles. The monoisotopic (exact) mass is 449 g/mol. The van der Waals surface area contributed by atoms with Crippen LogP contribution in [0.4, 0.5) is 5.69 Å². The molecular formula is C23H23N5O3S. The first-order chi connectivity index (χ1) is 15.5. The Labute approximate surface area is 189 Å². The highest BCUT2D eigenvalue weighted by Crippen LogP contribution is 2.25. The van der Waals surface area contributed by atoms with Crippen molar-refractivity contribution in [3.8, 4) is 11.5 Å². The number of rotatable bonds is 8. The number of thioether (sulfide) groups is 1. The summed E-state index contributed by atoms with van der Waals surface area (Å²) >= 11 is 1.33. The Morgan fingerprint density at radius 1 is 1.03 bits per heavy atom. The van der Waals surface area contributed by atoms with Gasteiger partial charge in [0.1, 0.15) is 0 Å². The summed E-state index contributed by atoms with van der Waals surface area (Å²) in [6.45, 7) is 6.01. The molecule has 0 spiro atoms. The predicted molar refractivity (Wildman–Crippen MR) is 121 cm³/mol. The quantitative estimate of drug-likeness (QED) is 0.378. The summed E-state index contributed by atoms with van der Waals surface area (Å²) < 4.78 is 11.0. The molecule has 0 saturated carbocycles. The number of hydrogen-bond acceptors (Lipinski definition) is 8. The van der Waals surface area contributed by atoms with E-state index in [9.17, 15) is 4.79 Å². The van der Waals surface area contributed by atoms with Gasteiger partial charge in [0.25, 0.3) is 5.22 Å². The Kier molecular flexibility index (Phi) is 6.65. The van der Waals surface area contributed by atoms with E-state index < -0.39 is 0 Å². The highest BCUT2D eigenvalue weighted by atomic mass is 32.2. The highest BCUT2D eigenvalue weighted by Gasteiger charge is 2.13. The second-order valence-electron chi connectivity index (χ2n) is 7.50. The summed E-state index contributed by atoms with van der Waals surface area (Å²) in [4.78, 5) is 16.6. The number of amides is 1. The predicted octanol–water partition coefficient (Wildman–Crippen LogP) is 4.91. The van der Waals surface area contributed by atoms with Crippen molar-refractivity contribution in [3.05, 3.63) is 70.9 Å². The maximum Gasteiger partial charge on any atom is 0.277 e. The van der Waals surface area contributed by atoms with E-state index in [4.69, 9.17) is 8.94 Å². The molecule has 32 heavy (non-hydrogen) atoms. The molecule has 0 atom stereocenters. The van der Waals surface area contributed by atoms with Crippen molar-refractivity contribution >= 4 is 23.4 Å². The zero-order chi connectivity index (χ0) is 22.5. The average molecular weight is 450 g/mol. The van der Waals surface area contributed by atoms with Gasteiger partial charge < -0.3 is 14.3 Å². The minimum absolute atomic E-state index is 0.0967. The topological polar surface area (TPSA) is 107 Å². The molecule has 0 radical (unpaired) electrons. The van der Waals surface area contributed by atoms with Crippen molar-refractivity contribution < 1.29 is 13.7 Å². The molecule has 1 amide bonds. The van der Waals surface area contributed by atoms with Crippen LogP contribution in [0.5, 0.6) is 0 Å². The minimum atomic E-state index is -0.0967. The van der Waals surface area contributed by atoms with Crippen LogP contribution in [0.1, 0.15) is 34.8 Å². The lowest BCUT2D eigenvalue weighted by Gasteiger charge is -2.08. The van der Waals surface area contributed by atoms with E-state index in [1.807, 2.05) is 63.2 Å². The Balaban J connectivity index is 1.26. The molecule has 4 aromatic rings. The van der Waals surface area contributed by atoms with Gasteiger partial charge in [-0.3, -0.25) is 4.79 Å². The van der Waals surface area contributed by atoms with Gasteiger partial charge in [0.05, 0.1) is 5.75 Å². The number of benzene rings is 2. The van der Waals surface area contributed by atoms with E-state index in [1.165, 1.54) is 17.3 Å². The number of aromatic nitrogens is 4. The molecule has 4 rings (SSSR count). The molecule has 0 saturated heterocycles. The zero-order valence-electron chi connectivity index (χ0n) is 18.1. The van der Waals surface area contributed by atoms with Gasteiger partial charge in [0.15, 0.2) is 5.82 Å². The summed E-state index contributed by atoms with van der Waals surface area (Å²) in [6, 6.07) is 13.8. The van der Waals surface area contributed by atoms with E-state index in [-0.39, 0.29) is 12.3 Å². The third-order valence-electron chi connectivity index (χ3n) is 4.76. The summed E-state index contributed by atoms with van der Waals surface area (Å²) in [5, 5.41) is 15.5. The summed E-state index contributed by atoms with van der Waals surface area (Å²) in [7, 11) is 0. The second kappa shape index (κ2) is 9.78. The van der Waals surface area contributed by atoms with Crippen LogP contribution in [0, 0.1) is 20.8 Å². The normalized spacial score (nSPS) is 11.0. The molecular weight excluding hydrogens is 426 g/mol. The third kappa shape index (κ3) is 5.61. The first-order valence-electron chi connectivity index (χ1n) is 10.2. The van der Waals surface area contributed by atoms with Crippen molar-refractivity contribution in [3.63, 3.8) is 0 Å². The number of carbonyl (C=O) groups is 1. The number of hydrogen-bond donors (Lipinski definition) is 1. The fourth-order valence-electron chi connectivity index (χ4n) is 3.04. The molecule has 0 aliphatic rings. The molecule has 0 fully saturated rings. The summed E-state index contributed by atoms with van der Waals surface area (Å²) in [5.41, 5.74) is 5.04. The van der Waals surface area contributed by atoms with Gasteiger partial charge in [-0.1, -0.05) is 52.3 Å². The van der Waals surface area contributed by atoms with Crippen molar-refractivity contribution in [2.75, 3.05) is 5.32 Å². The van der Waals surface area contributed by atoms with Crippen LogP contribution in [-0.4, -0.2) is 26.2 Å². The Morgan fingerprint density at radius 2 is 1.81 bits per heavy atom. The van der Waals surface area contributed by atoms with Gasteiger partial charge >= 0.3 is 0 Å². The Bertz CT molecular complexity index is 1220. The lowest BCUT2D eigenvalue weighted by molar-refractivity contribution is -0.116. The summed E-state index contributed by atoms with van der Waals surface area (Å²) in [5.74, 6) is 1.72. The van der Waals surface area contributed by atoms with Crippen LogP contribution in [-0.2, 0) is 17.0 Å². The van der Waals surface area contributed by atoms with E-state index in [0.717, 1.165) is 22.4 Å². The molecule has 164 valence electrons. The van der Waals surface area contributed by atoms with E-state index in [1.54, 1.807) is 0 Å². The minimum Gasteiger partial charge on any atom is -0.411 e. The largest absolute Gasteiger partial charge is 0.411 e. The lowest BCUT2D eigenvalue weighted by atomic mass is 10.1. The van der Waals surface area contributed by atoms with Gasteiger partial charge in [-0.05, 0) is 44.5 Å². The SMILES string of the molecule is Cc1ccc(-c2nnc(SCc3noc(CCC(=O)Nc4ccc(C)cc4C)n3)o2)cc1. The van der Waals surface area contributed by atoms with Gasteiger partial charge in [-0.15, -0.1) is 10.2 Å². The standard InChI is InChI=1S/C23H23N5O3S/c1-14-4-7-17(8-5-14)22-26-27-23(30-22)32-13-19-25-21(31-28-19)11-10-20(29)24-18-9-6-15(2)12-16(18)3/h4-9,12H,10-11,13H2,1-3H3,(H,24,29). The van der Waals surface area contributed by atoms with Crippen LogP contribution < -0.4 is 5.32 Å². The van der Waals surface area contributed by atoms with Crippen LogP contribution in [0.3, 0.4) is 0 Å². The van der Waals surface area contributed by atoms with Crippen LogP contribution in [0.2, 0.25) is 0 Å². The van der Waals surface area contributed by atoms with Crippen molar-refractivity contribution in [1.82, 2.24) is 20.3 Å². The Morgan fingerprint density at radius 3 is 2.59 bits per heavy atom. The van der Waals surface area contributed by atoms with Crippen molar-refractivity contribution in [1.29, 1.82) is 0 Å². The zero-order valence-corrected chi connectivity index (χ0v) is 18.9. The molecule has 2 aromatic heterocycles. The molecule has 2 aromatic carbocycles. The molecule has 0 bridgehead atoms. The lowest BCUT2D eigenvalue weighted by Crippen LogP contribution is -2.13. The third-order valence-corrected chi connectivity index (χ3v) is 5.58. The first-order valence-corrected chi connectivity index (χ1v) is 11.2. The molecule has 0 unspecified atom stereocenters.